The predicted octanol–water partition coefficient (Wildman–Crippen LogP) is 5.63. The molecule has 0 saturated heterocycles. The van der Waals surface area contributed by atoms with Crippen molar-refractivity contribution in [2.75, 3.05) is 21.3 Å². The van der Waals surface area contributed by atoms with E-state index in [1.807, 2.05) is 0 Å². The first kappa shape index (κ1) is 24.6. The highest BCUT2D eigenvalue weighted by atomic mass is 35.5. The fraction of sp³-hybridized carbons (Fsp3) is 0.143. The molecule has 0 saturated carbocycles. The van der Waals surface area contributed by atoms with Crippen molar-refractivity contribution < 1.29 is 14.2 Å². The van der Waals surface area contributed by atoms with E-state index in [9.17, 15) is 0 Å². The zero-order valence-electron chi connectivity index (χ0n) is 19.1. The van der Waals surface area contributed by atoms with Crippen LogP contribution < -0.4 is 30.1 Å². The van der Waals surface area contributed by atoms with Crippen LogP contribution in [0.2, 0.25) is 0 Å². The molecule has 0 N–H and O–H groups in total. The van der Waals surface area contributed by atoms with Gasteiger partial charge < -0.3 is 14.2 Å². The number of hydrogen-bond donors (Lipinski definition) is 0. The third-order valence-corrected chi connectivity index (χ3v) is 10.1. The van der Waals surface area contributed by atoms with Crippen molar-refractivity contribution in [3.8, 4) is 17.2 Å². The summed E-state index contributed by atoms with van der Waals surface area (Å²) >= 11 is 0. The molecule has 0 unspecified atom stereocenters. The van der Waals surface area contributed by atoms with Crippen LogP contribution in [-0.4, -0.2) is 21.3 Å². The molecule has 0 bridgehead atoms. The van der Waals surface area contributed by atoms with Crippen LogP contribution >= 0.6 is 19.7 Å². The molecule has 0 spiro atoms. The second kappa shape index (κ2) is 11.2. The molecule has 3 nitrogen and oxygen atoms in total. The topological polar surface area (TPSA) is 27.7 Å². The number of ether oxygens (including phenoxy) is 3. The fourth-order valence-corrected chi connectivity index (χ4v) is 8.48. The summed E-state index contributed by atoms with van der Waals surface area (Å²) in [5, 5.41) is 4.02. The van der Waals surface area contributed by atoms with E-state index in [-0.39, 0.29) is 12.4 Å². The molecule has 5 heteroatoms. The van der Waals surface area contributed by atoms with Gasteiger partial charge in [0.2, 0.25) is 5.75 Å². The number of benzene rings is 4. The van der Waals surface area contributed by atoms with Crippen LogP contribution in [0, 0.1) is 0 Å². The van der Waals surface area contributed by atoms with Crippen molar-refractivity contribution in [1.82, 2.24) is 0 Å². The van der Waals surface area contributed by atoms with Crippen molar-refractivity contribution >= 4 is 35.6 Å². The van der Waals surface area contributed by atoms with Crippen molar-refractivity contribution in [2.45, 2.75) is 6.16 Å². The van der Waals surface area contributed by atoms with Crippen LogP contribution in [0.4, 0.5) is 0 Å². The highest BCUT2D eigenvalue weighted by Gasteiger charge is 2.45. The molecule has 0 aromatic heterocycles. The van der Waals surface area contributed by atoms with Crippen LogP contribution in [-0.2, 0) is 6.16 Å². The van der Waals surface area contributed by atoms with E-state index in [0.29, 0.717) is 17.2 Å². The average molecular weight is 480 g/mol. The van der Waals surface area contributed by atoms with Gasteiger partial charge in [-0.05, 0) is 54.1 Å². The minimum atomic E-state index is -2.01. The number of rotatable bonds is 8. The number of methoxy groups -OCH3 is 3. The van der Waals surface area contributed by atoms with Gasteiger partial charge in [-0.2, -0.15) is 0 Å². The molecule has 0 amide bonds. The van der Waals surface area contributed by atoms with Crippen molar-refractivity contribution in [2.24, 2.45) is 0 Å². The normalized spacial score (nSPS) is 10.8. The second-order valence-electron chi connectivity index (χ2n) is 7.51. The first-order valence-corrected chi connectivity index (χ1v) is 12.5. The first-order chi connectivity index (χ1) is 15.7. The van der Waals surface area contributed by atoms with E-state index >= 15 is 0 Å². The maximum Gasteiger partial charge on any atom is 0.203 e. The van der Waals surface area contributed by atoms with Gasteiger partial charge in [-0.1, -0.05) is 54.6 Å². The van der Waals surface area contributed by atoms with Gasteiger partial charge >= 0.3 is 0 Å². The van der Waals surface area contributed by atoms with Gasteiger partial charge in [0.25, 0.3) is 0 Å². The summed E-state index contributed by atoms with van der Waals surface area (Å²) in [4.78, 5) is 0. The SMILES string of the molecule is COc1cc(C[P+](c2ccccc2)(c2ccccc2)c2ccccc2)cc(OC)c1OC.Cl. The van der Waals surface area contributed by atoms with Gasteiger partial charge in [-0.25, -0.2) is 0 Å². The smallest absolute Gasteiger partial charge is 0.203 e. The maximum absolute atomic E-state index is 5.66. The van der Waals surface area contributed by atoms with E-state index in [0.717, 1.165) is 11.7 Å². The van der Waals surface area contributed by atoms with Gasteiger partial charge in [0, 0.05) is 0 Å². The Hall–Kier alpha value is -3.00. The molecule has 0 atom stereocenters. The molecule has 4 rings (SSSR count). The predicted molar refractivity (Wildman–Crippen MR) is 142 cm³/mol. The van der Waals surface area contributed by atoms with Crippen LogP contribution in [0.1, 0.15) is 5.56 Å². The van der Waals surface area contributed by atoms with Gasteiger partial charge in [0.05, 0.1) is 27.5 Å². The second-order valence-corrected chi connectivity index (χ2v) is 11.0. The minimum Gasteiger partial charge on any atom is -0.493 e. The maximum atomic E-state index is 5.66. The summed E-state index contributed by atoms with van der Waals surface area (Å²) in [7, 11) is 2.95. The van der Waals surface area contributed by atoms with Crippen molar-refractivity contribution in [3.05, 3.63) is 109 Å². The Kier molecular flexibility index (Phi) is 8.38. The summed E-state index contributed by atoms with van der Waals surface area (Å²) in [6.45, 7) is 0. The molecule has 4 aromatic carbocycles. The third kappa shape index (κ3) is 4.85. The standard InChI is InChI=1S/C28H28O3P.ClH/c1-29-26-19-22(20-27(30-2)28(26)31-3)21-32(23-13-7-4-8-14-23,24-15-9-5-10-16-24)25-17-11-6-12-18-25;/h4-20H,21H2,1-3H3;1H/q+1;. The molecular weight excluding hydrogens is 451 g/mol. The highest BCUT2D eigenvalue weighted by molar-refractivity contribution is 7.95. The van der Waals surface area contributed by atoms with E-state index in [2.05, 4.69) is 103 Å². The Morgan fingerprint density at radius 2 is 0.909 bits per heavy atom. The molecule has 0 fully saturated rings. The zero-order valence-corrected chi connectivity index (χ0v) is 20.8. The van der Waals surface area contributed by atoms with Crippen molar-refractivity contribution in [3.63, 3.8) is 0 Å². The Balaban J connectivity index is 0.00000306. The van der Waals surface area contributed by atoms with Crippen LogP contribution in [0.3, 0.4) is 0 Å². The quantitative estimate of drug-likeness (QED) is 0.307. The summed E-state index contributed by atoms with van der Waals surface area (Å²) in [6, 6.07) is 36.7. The number of hydrogen-bond acceptors (Lipinski definition) is 3. The van der Waals surface area contributed by atoms with Crippen LogP contribution in [0.15, 0.2) is 103 Å². The summed E-state index contributed by atoms with van der Waals surface area (Å²) in [5.74, 6) is 1.96. The molecular formula is C28H29ClO3P+. The summed E-state index contributed by atoms with van der Waals surface area (Å²) in [5.41, 5.74) is 1.14. The fourth-order valence-electron chi connectivity index (χ4n) is 4.27. The molecule has 0 radical (unpaired) electrons. The third-order valence-electron chi connectivity index (χ3n) is 5.74. The molecule has 0 aliphatic rings. The lowest BCUT2D eigenvalue weighted by Crippen LogP contribution is -2.32. The van der Waals surface area contributed by atoms with Gasteiger partial charge in [0.1, 0.15) is 23.2 Å². The van der Waals surface area contributed by atoms with Crippen LogP contribution in [0.5, 0.6) is 17.2 Å². The Morgan fingerprint density at radius 1 is 0.545 bits per heavy atom. The minimum absolute atomic E-state index is 0. The van der Waals surface area contributed by atoms with Gasteiger partial charge in [-0.3, -0.25) is 0 Å². The van der Waals surface area contributed by atoms with Gasteiger partial charge in [0.15, 0.2) is 11.5 Å². The highest BCUT2D eigenvalue weighted by Crippen LogP contribution is 2.59. The van der Waals surface area contributed by atoms with E-state index in [4.69, 9.17) is 14.2 Å². The summed E-state index contributed by atoms with van der Waals surface area (Å²) < 4.78 is 16.9. The molecule has 170 valence electrons. The van der Waals surface area contributed by atoms with E-state index in [1.54, 1.807) is 21.3 Å². The summed E-state index contributed by atoms with van der Waals surface area (Å²) in [6.07, 6.45) is 0.835. The lowest BCUT2D eigenvalue weighted by Gasteiger charge is -2.28. The first-order valence-electron chi connectivity index (χ1n) is 10.6. The lowest BCUT2D eigenvalue weighted by atomic mass is 10.2. The Bertz CT molecular complexity index is 1030. The lowest BCUT2D eigenvalue weighted by molar-refractivity contribution is 0.324. The molecule has 0 aliphatic heterocycles. The Morgan fingerprint density at radius 3 is 1.21 bits per heavy atom. The molecule has 33 heavy (non-hydrogen) atoms. The molecule has 0 aliphatic carbocycles. The monoisotopic (exact) mass is 479 g/mol. The van der Waals surface area contributed by atoms with Crippen LogP contribution in [0.25, 0.3) is 0 Å². The number of halogens is 1. The van der Waals surface area contributed by atoms with Crippen molar-refractivity contribution in [1.29, 1.82) is 0 Å². The largest absolute Gasteiger partial charge is 0.493 e. The molecule has 4 aromatic rings. The van der Waals surface area contributed by atoms with E-state index < -0.39 is 7.26 Å². The molecule has 0 heterocycles. The van der Waals surface area contributed by atoms with E-state index in [1.165, 1.54) is 15.9 Å². The van der Waals surface area contributed by atoms with Gasteiger partial charge in [-0.15, -0.1) is 12.4 Å². The zero-order chi connectivity index (χ0) is 22.4. The average Bonchev–Trinajstić information content (AvgIpc) is 2.88. The Labute approximate surface area is 203 Å².